The zero-order chi connectivity index (χ0) is 19.7. The van der Waals surface area contributed by atoms with Crippen LogP contribution in [0.3, 0.4) is 0 Å². The lowest BCUT2D eigenvalue weighted by Gasteiger charge is -2.19. The second-order valence-electron chi connectivity index (χ2n) is 7.41. The first-order chi connectivity index (χ1) is 13.6. The quantitative estimate of drug-likeness (QED) is 0.700. The predicted octanol–water partition coefficient (Wildman–Crippen LogP) is 4.61. The number of hydrogen-bond donors (Lipinski definition) is 2. The summed E-state index contributed by atoms with van der Waals surface area (Å²) in [5.41, 5.74) is 11.6. The van der Waals surface area contributed by atoms with Gasteiger partial charge in [-0.05, 0) is 64.4 Å². The van der Waals surface area contributed by atoms with Crippen LogP contribution in [0.5, 0.6) is 0 Å². The molecular formula is C24H23FN2O. The number of carbonyl (C=O) groups is 1. The molecule has 3 aromatic carbocycles. The van der Waals surface area contributed by atoms with E-state index in [0.29, 0.717) is 12.1 Å². The van der Waals surface area contributed by atoms with Crippen molar-refractivity contribution in [2.24, 2.45) is 11.7 Å². The third-order valence-electron chi connectivity index (χ3n) is 5.54. The molecule has 2 atom stereocenters. The molecule has 0 radical (unpaired) electrons. The van der Waals surface area contributed by atoms with Crippen LogP contribution in [0.15, 0.2) is 66.7 Å². The van der Waals surface area contributed by atoms with E-state index in [1.807, 2.05) is 54.6 Å². The highest BCUT2D eigenvalue weighted by molar-refractivity contribution is 5.95. The third-order valence-corrected chi connectivity index (χ3v) is 5.54. The highest BCUT2D eigenvalue weighted by Gasteiger charge is 2.31. The molecule has 1 aliphatic rings. The van der Waals surface area contributed by atoms with Crippen molar-refractivity contribution in [2.45, 2.75) is 25.9 Å². The number of hydrogen-bond acceptors (Lipinski definition) is 2. The van der Waals surface area contributed by atoms with E-state index in [4.69, 9.17) is 5.73 Å². The van der Waals surface area contributed by atoms with Crippen molar-refractivity contribution in [1.29, 1.82) is 0 Å². The summed E-state index contributed by atoms with van der Waals surface area (Å²) in [5.74, 6) is -0.181. The van der Waals surface area contributed by atoms with Crippen molar-refractivity contribution >= 4 is 5.91 Å². The third kappa shape index (κ3) is 3.43. The fraction of sp³-hybridized carbons (Fsp3) is 0.208. The van der Waals surface area contributed by atoms with E-state index in [2.05, 4.69) is 12.2 Å². The fourth-order valence-corrected chi connectivity index (χ4v) is 4.04. The smallest absolute Gasteiger partial charge is 0.251 e. The first kappa shape index (κ1) is 18.4. The van der Waals surface area contributed by atoms with E-state index in [9.17, 15) is 9.18 Å². The molecule has 3 nitrogen and oxygen atoms in total. The molecule has 0 saturated heterocycles. The highest BCUT2D eigenvalue weighted by Crippen LogP contribution is 2.36. The Kier molecular flexibility index (Phi) is 4.97. The molecule has 4 rings (SSSR count). The van der Waals surface area contributed by atoms with Crippen LogP contribution in [0.25, 0.3) is 11.1 Å². The SMILES string of the molecule is CC1Cc2ccc(F)cc2C1NC(=O)c1ccc(-c2ccccc2CN)cc1. The fourth-order valence-electron chi connectivity index (χ4n) is 4.04. The molecule has 0 saturated carbocycles. The molecule has 142 valence electrons. The minimum absolute atomic E-state index is 0.146. The van der Waals surface area contributed by atoms with Crippen molar-refractivity contribution in [3.63, 3.8) is 0 Å². The molecule has 0 aliphatic heterocycles. The van der Waals surface area contributed by atoms with Gasteiger partial charge in [-0.2, -0.15) is 0 Å². The standard InChI is InChI=1S/C24H23FN2O/c1-15-12-18-10-11-20(25)13-22(18)23(15)27-24(28)17-8-6-16(7-9-17)21-5-3-2-4-19(21)14-26/h2-11,13,15,23H,12,14,26H2,1H3,(H,27,28). The monoisotopic (exact) mass is 374 g/mol. The normalized spacial score (nSPS) is 18.0. The number of fused-ring (bicyclic) bond motifs is 1. The van der Waals surface area contributed by atoms with Crippen molar-refractivity contribution in [1.82, 2.24) is 5.32 Å². The van der Waals surface area contributed by atoms with Gasteiger partial charge in [-0.25, -0.2) is 4.39 Å². The lowest BCUT2D eigenvalue weighted by atomic mass is 9.98. The van der Waals surface area contributed by atoms with Crippen LogP contribution in [-0.2, 0) is 13.0 Å². The van der Waals surface area contributed by atoms with Crippen LogP contribution >= 0.6 is 0 Å². The lowest BCUT2D eigenvalue weighted by Crippen LogP contribution is -2.30. The first-order valence-electron chi connectivity index (χ1n) is 9.54. The van der Waals surface area contributed by atoms with Gasteiger partial charge in [-0.1, -0.05) is 49.4 Å². The summed E-state index contributed by atoms with van der Waals surface area (Å²) in [6, 6.07) is 20.2. The summed E-state index contributed by atoms with van der Waals surface area (Å²) in [5, 5.41) is 3.08. The van der Waals surface area contributed by atoms with Gasteiger partial charge in [0.1, 0.15) is 5.82 Å². The maximum absolute atomic E-state index is 13.7. The number of benzene rings is 3. The summed E-state index contributed by atoms with van der Waals surface area (Å²) >= 11 is 0. The maximum Gasteiger partial charge on any atom is 0.251 e. The van der Waals surface area contributed by atoms with Gasteiger partial charge in [0.15, 0.2) is 0 Å². The number of nitrogens with two attached hydrogens (primary N) is 1. The molecule has 28 heavy (non-hydrogen) atoms. The first-order valence-corrected chi connectivity index (χ1v) is 9.54. The van der Waals surface area contributed by atoms with Gasteiger partial charge in [-0.3, -0.25) is 4.79 Å². The van der Waals surface area contributed by atoms with E-state index >= 15 is 0 Å². The Balaban J connectivity index is 1.54. The second-order valence-corrected chi connectivity index (χ2v) is 7.41. The Morgan fingerprint density at radius 1 is 1.11 bits per heavy atom. The summed E-state index contributed by atoms with van der Waals surface area (Å²) in [4.78, 5) is 12.8. The van der Waals surface area contributed by atoms with E-state index < -0.39 is 0 Å². The molecule has 0 fully saturated rings. The Morgan fingerprint density at radius 2 is 1.86 bits per heavy atom. The van der Waals surface area contributed by atoms with Crippen molar-refractivity contribution in [2.75, 3.05) is 0 Å². The van der Waals surface area contributed by atoms with E-state index in [1.165, 1.54) is 12.1 Å². The highest BCUT2D eigenvalue weighted by atomic mass is 19.1. The molecule has 0 aromatic heterocycles. The largest absolute Gasteiger partial charge is 0.345 e. The molecule has 4 heteroatoms. The summed E-state index contributed by atoms with van der Waals surface area (Å²) in [7, 11) is 0. The van der Waals surface area contributed by atoms with Crippen LogP contribution in [0.4, 0.5) is 4.39 Å². The topological polar surface area (TPSA) is 55.1 Å². The molecular weight excluding hydrogens is 351 g/mol. The van der Waals surface area contributed by atoms with Gasteiger partial charge >= 0.3 is 0 Å². The zero-order valence-electron chi connectivity index (χ0n) is 15.8. The summed E-state index contributed by atoms with van der Waals surface area (Å²) in [6.45, 7) is 2.55. The van der Waals surface area contributed by atoms with Gasteiger partial charge in [0.05, 0.1) is 6.04 Å². The number of rotatable bonds is 4. The van der Waals surface area contributed by atoms with Gasteiger partial charge in [0, 0.05) is 12.1 Å². The van der Waals surface area contributed by atoms with Gasteiger partial charge < -0.3 is 11.1 Å². The Labute approximate surface area is 164 Å². The Bertz CT molecular complexity index is 1010. The van der Waals surface area contributed by atoms with Crippen LogP contribution in [0.1, 0.15) is 40.0 Å². The predicted molar refractivity (Wildman–Crippen MR) is 109 cm³/mol. The summed E-state index contributed by atoms with van der Waals surface area (Å²) in [6.07, 6.45) is 0.843. The number of halogens is 1. The molecule has 0 heterocycles. The minimum Gasteiger partial charge on any atom is -0.345 e. The molecule has 3 N–H and O–H groups in total. The van der Waals surface area contributed by atoms with Crippen LogP contribution in [-0.4, -0.2) is 5.91 Å². The lowest BCUT2D eigenvalue weighted by molar-refractivity contribution is 0.0927. The molecule has 3 aromatic rings. The van der Waals surface area contributed by atoms with Crippen LogP contribution in [0, 0.1) is 11.7 Å². The number of amides is 1. The molecule has 2 unspecified atom stereocenters. The number of nitrogens with one attached hydrogen (secondary N) is 1. The van der Waals surface area contributed by atoms with Crippen molar-refractivity contribution < 1.29 is 9.18 Å². The zero-order valence-corrected chi connectivity index (χ0v) is 15.8. The maximum atomic E-state index is 13.7. The van der Waals surface area contributed by atoms with Gasteiger partial charge in [0.25, 0.3) is 5.91 Å². The van der Waals surface area contributed by atoms with E-state index in [0.717, 1.165) is 34.2 Å². The number of carbonyl (C=O) groups excluding carboxylic acids is 1. The van der Waals surface area contributed by atoms with Gasteiger partial charge in [-0.15, -0.1) is 0 Å². The summed E-state index contributed by atoms with van der Waals surface area (Å²) < 4.78 is 13.7. The molecule has 1 amide bonds. The Morgan fingerprint density at radius 3 is 2.61 bits per heavy atom. The molecule has 1 aliphatic carbocycles. The molecule has 0 spiro atoms. The Hall–Kier alpha value is -2.98. The van der Waals surface area contributed by atoms with Crippen molar-refractivity contribution in [3.8, 4) is 11.1 Å². The average molecular weight is 374 g/mol. The minimum atomic E-state index is -0.268. The van der Waals surface area contributed by atoms with E-state index in [1.54, 1.807) is 0 Å². The second kappa shape index (κ2) is 7.56. The van der Waals surface area contributed by atoms with Crippen LogP contribution in [0.2, 0.25) is 0 Å². The average Bonchev–Trinajstić information content (AvgIpc) is 3.02. The molecule has 0 bridgehead atoms. The van der Waals surface area contributed by atoms with E-state index in [-0.39, 0.29) is 23.7 Å². The van der Waals surface area contributed by atoms with Crippen molar-refractivity contribution in [3.05, 3.63) is 94.8 Å². The van der Waals surface area contributed by atoms with Gasteiger partial charge in [0.2, 0.25) is 0 Å². The van der Waals surface area contributed by atoms with Crippen LogP contribution < -0.4 is 11.1 Å².